The van der Waals surface area contributed by atoms with Gasteiger partial charge < -0.3 is 10.6 Å². The standard InChI is InChI=1S/C16H24N2O2/c1-11(2)14(19)18-13-8-6-12(7-9-13)10-17-15(20)16(3,4)5/h6-9,11H,10H2,1-5H3,(H,17,20)(H,18,19). The fourth-order valence-electron chi connectivity index (χ4n) is 1.44. The Morgan fingerprint density at radius 2 is 1.65 bits per heavy atom. The normalized spacial score (nSPS) is 11.3. The summed E-state index contributed by atoms with van der Waals surface area (Å²) in [6.07, 6.45) is 0. The van der Waals surface area contributed by atoms with Crippen LogP contribution >= 0.6 is 0 Å². The zero-order chi connectivity index (χ0) is 15.3. The molecule has 0 aromatic heterocycles. The van der Waals surface area contributed by atoms with Crippen LogP contribution in [0.3, 0.4) is 0 Å². The molecule has 0 fully saturated rings. The Kier molecular flexibility index (Phi) is 5.31. The van der Waals surface area contributed by atoms with E-state index in [-0.39, 0.29) is 23.1 Å². The molecule has 20 heavy (non-hydrogen) atoms. The summed E-state index contributed by atoms with van der Waals surface area (Å²) in [5, 5.41) is 5.72. The average Bonchev–Trinajstić information content (AvgIpc) is 2.36. The van der Waals surface area contributed by atoms with Gasteiger partial charge in [-0.25, -0.2) is 0 Å². The monoisotopic (exact) mass is 276 g/mol. The summed E-state index contributed by atoms with van der Waals surface area (Å²) in [6, 6.07) is 7.50. The second kappa shape index (κ2) is 6.55. The van der Waals surface area contributed by atoms with Crippen molar-refractivity contribution < 1.29 is 9.59 Å². The SMILES string of the molecule is CC(C)C(=O)Nc1ccc(CNC(=O)C(C)(C)C)cc1. The number of amides is 2. The molecule has 1 aromatic rings. The van der Waals surface area contributed by atoms with Crippen LogP contribution in [-0.4, -0.2) is 11.8 Å². The highest BCUT2D eigenvalue weighted by Crippen LogP contribution is 2.14. The minimum atomic E-state index is -0.384. The molecule has 110 valence electrons. The van der Waals surface area contributed by atoms with Crippen LogP contribution in [-0.2, 0) is 16.1 Å². The van der Waals surface area contributed by atoms with E-state index in [9.17, 15) is 9.59 Å². The van der Waals surface area contributed by atoms with Gasteiger partial charge in [0.25, 0.3) is 0 Å². The second-order valence-corrected chi connectivity index (χ2v) is 6.27. The van der Waals surface area contributed by atoms with Crippen LogP contribution < -0.4 is 10.6 Å². The lowest BCUT2D eigenvalue weighted by atomic mass is 9.95. The molecule has 2 amide bonds. The molecule has 0 spiro atoms. The van der Waals surface area contributed by atoms with Gasteiger partial charge in [0.15, 0.2) is 0 Å². The molecule has 0 atom stereocenters. The van der Waals surface area contributed by atoms with Crippen molar-refractivity contribution in [2.45, 2.75) is 41.2 Å². The van der Waals surface area contributed by atoms with Gasteiger partial charge in [0.05, 0.1) is 0 Å². The van der Waals surface area contributed by atoms with Crippen molar-refractivity contribution in [3.8, 4) is 0 Å². The first-order chi connectivity index (χ1) is 9.20. The highest BCUT2D eigenvalue weighted by atomic mass is 16.2. The third-order valence-electron chi connectivity index (χ3n) is 2.88. The lowest BCUT2D eigenvalue weighted by Gasteiger charge is -2.17. The molecule has 1 rings (SSSR count). The van der Waals surface area contributed by atoms with Gasteiger partial charge in [-0.05, 0) is 17.7 Å². The molecule has 0 radical (unpaired) electrons. The summed E-state index contributed by atoms with van der Waals surface area (Å²) in [7, 11) is 0. The van der Waals surface area contributed by atoms with Crippen LogP contribution in [0.5, 0.6) is 0 Å². The molecule has 2 N–H and O–H groups in total. The highest BCUT2D eigenvalue weighted by molar-refractivity contribution is 5.92. The third kappa shape index (κ3) is 5.03. The largest absolute Gasteiger partial charge is 0.352 e. The fourth-order valence-corrected chi connectivity index (χ4v) is 1.44. The Morgan fingerprint density at radius 3 is 2.10 bits per heavy atom. The minimum Gasteiger partial charge on any atom is -0.352 e. The van der Waals surface area contributed by atoms with Gasteiger partial charge in [0.1, 0.15) is 0 Å². The molecule has 0 unspecified atom stereocenters. The lowest BCUT2D eigenvalue weighted by Crippen LogP contribution is -2.34. The van der Waals surface area contributed by atoms with Crippen molar-refractivity contribution in [1.82, 2.24) is 5.32 Å². The maximum atomic E-state index is 11.8. The lowest BCUT2D eigenvalue weighted by molar-refractivity contribution is -0.128. The van der Waals surface area contributed by atoms with E-state index in [1.54, 1.807) is 0 Å². The number of rotatable bonds is 4. The Hall–Kier alpha value is -1.84. The van der Waals surface area contributed by atoms with E-state index in [2.05, 4.69) is 10.6 Å². The smallest absolute Gasteiger partial charge is 0.226 e. The van der Waals surface area contributed by atoms with Gasteiger partial charge in [-0.3, -0.25) is 9.59 Å². The summed E-state index contributed by atoms with van der Waals surface area (Å²) in [6.45, 7) is 9.85. The van der Waals surface area contributed by atoms with Gasteiger partial charge in [-0.1, -0.05) is 46.8 Å². The fraction of sp³-hybridized carbons (Fsp3) is 0.500. The summed E-state index contributed by atoms with van der Waals surface area (Å²) < 4.78 is 0. The van der Waals surface area contributed by atoms with Gasteiger partial charge in [-0.15, -0.1) is 0 Å². The molecule has 4 nitrogen and oxygen atoms in total. The van der Waals surface area contributed by atoms with Crippen LogP contribution in [0.1, 0.15) is 40.2 Å². The van der Waals surface area contributed by atoms with E-state index in [1.165, 1.54) is 0 Å². The summed E-state index contributed by atoms with van der Waals surface area (Å²) >= 11 is 0. The number of hydrogen-bond donors (Lipinski definition) is 2. The van der Waals surface area contributed by atoms with Crippen molar-refractivity contribution in [2.24, 2.45) is 11.3 Å². The number of anilines is 1. The molecule has 0 saturated carbocycles. The Balaban J connectivity index is 2.55. The van der Waals surface area contributed by atoms with Crippen LogP contribution in [0.15, 0.2) is 24.3 Å². The van der Waals surface area contributed by atoms with Crippen molar-refractivity contribution in [2.75, 3.05) is 5.32 Å². The van der Waals surface area contributed by atoms with Crippen molar-refractivity contribution in [1.29, 1.82) is 0 Å². The predicted octanol–water partition coefficient (Wildman–Crippen LogP) is 2.94. The molecule has 1 aromatic carbocycles. The van der Waals surface area contributed by atoms with Crippen LogP contribution in [0, 0.1) is 11.3 Å². The number of carbonyl (C=O) groups is 2. The minimum absolute atomic E-state index is 0.00112. The maximum absolute atomic E-state index is 11.8. The highest BCUT2D eigenvalue weighted by Gasteiger charge is 2.20. The Morgan fingerprint density at radius 1 is 1.10 bits per heavy atom. The zero-order valence-electron chi connectivity index (χ0n) is 12.9. The third-order valence-corrected chi connectivity index (χ3v) is 2.88. The summed E-state index contributed by atoms with van der Waals surface area (Å²) in [4.78, 5) is 23.3. The molecular formula is C16H24N2O2. The molecule has 0 aliphatic carbocycles. The van der Waals surface area contributed by atoms with E-state index in [0.29, 0.717) is 6.54 Å². The predicted molar refractivity (Wildman–Crippen MR) is 81.2 cm³/mol. The van der Waals surface area contributed by atoms with Crippen LogP contribution in [0.4, 0.5) is 5.69 Å². The zero-order valence-corrected chi connectivity index (χ0v) is 12.9. The van der Waals surface area contributed by atoms with Crippen molar-refractivity contribution in [3.63, 3.8) is 0 Å². The summed E-state index contributed by atoms with van der Waals surface area (Å²) in [5.74, 6) is -0.0192. The Labute approximate surface area is 121 Å². The summed E-state index contributed by atoms with van der Waals surface area (Å²) in [5.41, 5.74) is 1.39. The quantitative estimate of drug-likeness (QED) is 0.888. The Bertz CT molecular complexity index is 470. The number of nitrogens with one attached hydrogen (secondary N) is 2. The van der Waals surface area contributed by atoms with E-state index >= 15 is 0 Å². The van der Waals surface area contributed by atoms with E-state index in [0.717, 1.165) is 11.3 Å². The first-order valence-corrected chi connectivity index (χ1v) is 6.88. The molecule has 0 saturated heterocycles. The molecule has 0 bridgehead atoms. The van der Waals surface area contributed by atoms with Crippen LogP contribution in [0.25, 0.3) is 0 Å². The molecular weight excluding hydrogens is 252 g/mol. The van der Waals surface area contributed by atoms with Crippen molar-refractivity contribution >= 4 is 17.5 Å². The molecule has 0 heterocycles. The van der Waals surface area contributed by atoms with Gasteiger partial charge in [0, 0.05) is 23.6 Å². The van der Waals surface area contributed by atoms with Crippen LogP contribution in [0.2, 0.25) is 0 Å². The van der Waals surface area contributed by atoms with Crippen molar-refractivity contribution in [3.05, 3.63) is 29.8 Å². The first-order valence-electron chi connectivity index (χ1n) is 6.88. The maximum Gasteiger partial charge on any atom is 0.226 e. The average molecular weight is 276 g/mol. The van der Waals surface area contributed by atoms with Gasteiger partial charge in [-0.2, -0.15) is 0 Å². The molecule has 4 heteroatoms. The molecule has 0 aliphatic heterocycles. The van der Waals surface area contributed by atoms with Gasteiger partial charge in [0.2, 0.25) is 11.8 Å². The van der Waals surface area contributed by atoms with E-state index < -0.39 is 0 Å². The number of carbonyl (C=O) groups excluding carboxylic acids is 2. The van der Waals surface area contributed by atoms with E-state index in [1.807, 2.05) is 58.9 Å². The topological polar surface area (TPSA) is 58.2 Å². The number of hydrogen-bond acceptors (Lipinski definition) is 2. The molecule has 0 aliphatic rings. The first kappa shape index (κ1) is 16.2. The van der Waals surface area contributed by atoms with Gasteiger partial charge >= 0.3 is 0 Å². The second-order valence-electron chi connectivity index (χ2n) is 6.27. The van der Waals surface area contributed by atoms with E-state index in [4.69, 9.17) is 0 Å². The number of benzene rings is 1.